The van der Waals surface area contributed by atoms with Gasteiger partial charge in [0.15, 0.2) is 17.5 Å². The predicted octanol–water partition coefficient (Wildman–Crippen LogP) is 3.55. The lowest BCUT2D eigenvalue weighted by Gasteiger charge is -2.18. The number of benzene rings is 8. The van der Waals surface area contributed by atoms with Gasteiger partial charge in [-0.25, -0.2) is 15.0 Å². The molecule has 16 radical (unpaired) electrons. The molecule has 11 rings (SSSR count). The molecular formula is C51H24B8N4O. The Morgan fingerprint density at radius 2 is 0.828 bits per heavy atom. The third-order valence-corrected chi connectivity index (χ3v) is 12.0. The zero-order chi connectivity index (χ0) is 44.0. The van der Waals surface area contributed by atoms with Gasteiger partial charge in [-0.15, -0.1) is 21.9 Å². The first-order valence-corrected chi connectivity index (χ1v) is 20.4. The van der Waals surface area contributed by atoms with Gasteiger partial charge >= 0.3 is 0 Å². The third-order valence-electron chi connectivity index (χ3n) is 12.0. The van der Waals surface area contributed by atoms with Crippen LogP contribution in [0.25, 0.3) is 106 Å². The van der Waals surface area contributed by atoms with Crippen LogP contribution in [0.5, 0.6) is 0 Å². The summed E-state index contributed by atoms with van der Waals surface area (Å²) in [7, 11) is 53.0. The number of hydrogen-bond acceptors (Lipinski definition) is 4. The molecule has 3 aromatic heterocycles. The first-order chi connectivity index (χ1) is 31.1. The fraction of sp³-hybridized carbons (Fsp3) is 0. The molecule has 0 unspecified atom stereocenters. The van der Waals surface area contributed by atoms with Crippen molar-refractivity contribution in [3.05, 3.63) is 146 Å². The average Bonchev–Trinajstić information content (AvgIpc) is 3.91. The van der Waals surface area contributed by atoms with Gasteiger partial charge in [0.25, 0.3) is 0 Å². The van der Waals surface area contributed by atoms with Crippen molar-refractivity contribution < 1.29 is 4.42 Å². The molecule has 0 saturated carbocycles. The topological polar surface area (TPSA) is 56.7 Å². The molecule has 3 heterocycles. The fourth-order valence-corrected chi connectivity index (χ4v) is 8.75. The number of aromatic nitrogens is 4. The molecule has 0 saturated heterocycles. The van der Waals surface area contributed by atoms with Gasteiger partial charge in [-0.05, 0) is 57.8 Å². The smallest absolute Gasteiger partial charge is 0.164 e. The van der Waals surface area contributed by atoms with Gasteiger partial charge in [0.2, 0.25) is 0 Å². The minimum absolute atomic E-state index is 0.122. The first-order valence-electron chi connectivity index (χ1n) is 20.4. The lowest BCUT2D eigenvalue weighted by atomic mass is 9.63. The van der Waals surface area contributed by atoms with Crippen LogP contribution < -0.4 is 43.7 Å². The maximum absolute atomic E-state index is 6.85. The number of furan rings is 1. The summed E-state index contributed by atoms with van der Waals surface area (Å²) in [5.74, 6) is 1.57. The van der Waals surface area contributed by atoms with Crippen LogP contribution in [0.15, 0.2) is 150 Å². The Bertz CT molecular complexity index is 3630. The van der Waals surface area contributed by atoms with Crippen molar-refractivity contribution in [2.24, 2.45) is 0 Å². The fourth-order valence-electron chi connectivity index (χ4n) is 8.75. The predicted molar refractivity (Wildman–Crippen MR) is 272 cm³/mol. The molecule has 0 aliphatic rings. The van der Waals surface area contributed by atoms with E-state index in [1.54, 1.807) is 0 Å². The van der Waals surface area contributed by atoms with E-state index in [4.69, 9.17) is 82.1 Å². The number of nitrogens with zero attached hydrogens (tertiary/aromatic N) is 4. The quantitative estimate of drug-likeness (QED) is 0.242. The number of fused-ring (bicyclic) bond motifs is 6. The van der Waals surface area contributed by atoms with E-state index in [1.807, 2.05) is 126 Å². The van der Waals surface area contributed by atoms with Crippen molar-refractivity contribution >= 4 is 150 Å². The van der Waals surface area contributed by atoms with Gasteiger partial charge in [-0.1, -0.05) is 137 Å². The van der Waals surface area contributed by atoms with Gasteiger partial charge in [-0.3, -0.25) is 0 Å². The molecule has 0 fully saturated rings. The Balaban J connectivity index is 1.16. The molecule has 0 spiro atoms. The second-order valence-corrected chi connectivity index (χ2v) is 15.8. The van der Waals surface area contributed by atoms with Gasteiger partial charge in [0.05, 0.1) is 0 Å². The van der Waals surface area contributed by atoms with Gasteiger partial charge in [-0.2, -0.15) is 0 Å². The molecule has 11 aromatic rings. The summed E-state index contributed by atoms with van der Waals surface area (Å²) < 4.78 is 8.73. The SMILES string of the molecule is [B]c1c([B])c([B])c2c(c1[B])c1c([B])c([B])c([B])c([B])c1n2-c1cc(-c2ccccc2)c2oc3cc(-c4nc(-c5ccccc5)nc(-c5cccc(-c6ccccc6)c5)n4)ccc3c2c1. The van der Waals surface area contributed by atoms with E-state index >= 15 is 0 Å². The van der Waals surface area contributed by atoms with E-state index in [0.29, 0.717) is 56.1 Å². The summed E-state index contributed by atoms with van der Waals surface area (Å²) in [6, 6.07) is 48.2. The van der Waals surface area contributed by atoms with Crippen molar-refractivity contribution in [2.75, 3.05) is 0 Å². The molecule has 278 valence electrons. The van der Waals surface area contributed by atoms with Gasteiger partial charge < -0.3 is 8.98 Å². The monoisotopic (exact) mass is 796 g/mol. The molecule has 0 N–H and O–H groups in total. The standard InChI is InChI=1S/C51H24B8N4O/c52-38-36-37-39(53)41(55)43(57)45(59)47(37)63(46(36)44(58)42(56)40(38)54)31-23-33(26-13-6-2-7-14-26)48-34(24-31)32-20-19-30(22-35(32)64-48)51-61-49(27-15-8-3-9-16-27)60-50(62-51)29-18-10-17-28(21-29)25-11-4-1-5-12-25/h1-24H. The second-order valence-electron chi connectivity index (χ2n) is 15.8. The highest BCUT2D eigenvalue weighted by Crippen LogP contribution is 2.41. The van der Waals surface area contributed by atoms with E-state index in [9.17, 15) is 0 Å². The van der Waals surface area contributed by atoms with E-state index in [-0.39, 0.29) is 43.7 Å². The Hall–Kier alpha value is -7.11. The maximum atomic E-state index is 6.85. The van der Waals surface area contributed by atoms with Gasteiger partial charge in [0.1, 0.15) is 73.9 Å². The summed E-state index contributed by atoms with van der Waals surface area (Å²) in [4.78, 5) is 15.1. The molecule has 0 amide bonds. The second kappa shape index (κ2) is 15.3. The van der Waals surface area contributed by atoms with Crippen molar-refractivity contribution in [3.63, 3.8) is 0 Å². The van der Waals surface area contributed by atoms with Crippen LogP contribution in [0.4, 0.5) is 0 Å². The Kier molecular flexibility index (Phi) is 9.50. The largest absolute Gasteiger partial charge is 0.455 e. The first kappa shape index (κ1) is 39.7. The summed E-state index contributed by atoms with van der Waals surface area (Å²) in [5.41, 5.74) is 10.3. The van der Waals surface area contributed by atoms with Crippen LogP contribution in [0.3, 0.4) is 0 Å². The Morgan fingerprint density at radius 3 is 1.41 bits per heavy atom. The molecule has 0 aliphatic carbocycles. The molecule has 8 aromatic carbocycles. The van der Waals surface area contributed by atoms with E-state index in [0.717, 1.165) is 49.7 Å². The summed E-state index contributed by atoms with van der Waals surface area (Å²) in [6.07, 6.45) is 0. The van der Waals surface area contributed by atoms with Crippen molar-refractivity contribution in [1.82, 2.24) is 19.5 Å². The van der Waals surface area contributed by atoms with Crippen molar-refractivity contribution in [2.45, 2.75) is 0 Å². The third kappa shape index (κ3) is 6.24. The van der Waals surface area contributed by atoms with Gasteiger partial charge in [0, 0.05) is 49.7 Å². The highest BCUT2D eigenvalue weighted by atomic mass is 16.3. The molecule has 5 nitrogen and oxygen atoms in total. The minimum atomic E-state index is 0.122. The Labute approximate surface area is 380 Å². The minimum Gasteiger partial charge on any atom is -0.455 e. The van der Waals surface area contributed by atoms with Crippen LogP contribution in [-0.4, -0.2) is 82.3 Å². The zero-order valence-electron chi connectivity index (χ0n) is 34.2. The highest BCUT2D eigenvalue weighted by molar-refractivity contribution is 6.71. The molecule has 64 heavy (non-hydrogen) atoms. The number of hydrogen-bond donors (Lipinski definition) is 0. The normalized spacial score (nSPS) is 11.6. The van der Waals surface area contributed by atoms with E-state index < -0.39 is 0 Å². The molecule has 0 atom stereocenters. The molecular weight excluding hydrogens is 771 g/mol. The molecule has 13 heteroatoms. The average molecular weight is 795 g/mol. The summed E-state index contributed by atoms with van der Waals surface area (Å²) in [5, 5.41) is 2.55. The van der Waals surface area contributed by atoms with Crippen LogP contribution in [0.2, 0.25) is 0 Å². The van der Waals surface area contributed by atoms with E-state index in [1.165, 1.54) is 0 Å². The lowest BCUT2D eigenvalue weighted by molar-refractivity contribution is 0.670. The van der Waals surface area contributed by atoms with Crippen molar-refractivity contribution in [1.29, 1.82) is 0 Å². The van der Waals surface area contributed by atoms with Crippen LogP contribution in [0.1, 0.15) is 0 Å². The van der Waals surface area contributed by atoms with Crippen LogP contribution in [-0.2, 0) is 0 Å². The zero-order valence-corrected chi connectivity index (χ0v) is 34.2. The van der Waals surface area contributed by atoms with Crippen molar-refractivity contribution in [3.8, 4) is 62.1 Å². The number of rotatable bonds is 6. The molecule has 0 aliphatic heterocycles. The Morgan fingerprint density at radius 1 is 0.359 bits per heavy atom. The van der Waals surface area contributed by atoms with Crippen LogP contribution in [0, 0.1) is 0 Å². The maximum Gasteiger partial charge on any atom is 0.164 e. The molecule has 0 bridgehead atoms. The van der Waals surface area contributed by atoms with Crippen LogP contribution >= 0.6 is 0 Å². The van der Waals surface area contributed by atoms with E-state index in [2.05, 4.69) is 24.3 Å². The lowest BCUT2D eigenvalue weighted by Crippen LogP contribution is -2.49. The summed E-state index contributed by atoms with van der Waals surface area (Å²) in [6.45, 7) is 0. The summed E-state index contributed by atoms with van der Waals surface area (Å²) >= 11 is 0. The highest BCUT2D eigenvalue weighted by Gasteiger charge is 2.25.